The van der Waals surface area contributed by atoms with Gasteiger partial charge in [-0.3, -0.25) is 0 Å². The van der Waals surface area contributed by atoms with Crippen molar-refractivity contribution in [2.45, 2.75) is 37.8 Å². The Morgan fingerprint density at radius 1 is 1.10 bits per heavy atom. The van der Waals surface area contributed by atoms with Crippen LogP contribution in [0.4, 0.5) is 19.0 Å². The molecule has 0 bridgehead atoms. The van der Waals surface area contributed by atoms with Crippen LogP contribution >= 0.6 is 15.9 Å². The minimum atomic E-state index is -4.07. The number of nitrogens with zero attached hydrogens (tertiary/aromatic N) is 3. The highest BCUT2D eigenvalue weighted by Gasteiger charge is 2.41. The van der Waals surface area contributed by atoms with Crippen LogP contribution in [0.3, 0.4) is 0 Å². The normalized spacial score (nSPS) is 21.3. The van der Waals surface area contributed by atoms with Crippen molar-refractivity contribution < 1.29 is 13.2 Å². The predicted molar refractivity (Wildman–Crippen MR) is 72.7 cm³/mol. The first-order valence-electron chi connectivity index (χ1n) is 6.79. The summed E-state index contributed by atoms with van der Waals surface area (Å²) in [5, 5.41) is 0. The highest BCUT2D eigenvalue weighted by atomic mass is 79.9. The molecule has 1 aliphatic carbocycles. The first-order chi connectivity index (χ1) is 9.43. The molecule has 0 spiro atoms. The van der Waals surface area contributed by atoms with E-state index in [2.05, 4.69) is 25.9 Å². The van der Waals surface area contributed by atoms with Crippen LogP contribution in [0.15, 0.2) is 10.7 Å². The van der Waals surface area contributed by atoms with E-state index in [0.717, 1.165) is 24.5 Å². The van der Waals surface area contributed by atoms with E-state index in [1.165, 1.54) is 0 Å². The summed E-state index contributed by atoms with van der Waals surface area (Å²) in [7, 11) is 0. The van der Waals surface area contributed by atoms with Gasteiger partial charge < -0.3 is 4.90 Å². The Hall–Kier alpha value is -0.850. The van der Waals surface area contributed by atoms with E-state index in [0.29, 0.717) is 23.6 Å². The Morgan fingerprint density at radius 3 is 2.30 bits per heavy atom. The molecule has 0 N–H and O–H groups in total. The average molecular weight is 350 g/mol. The molecule has 20 heavy (non-hydrogen) atoms. The first kappa shape index (κ1) is 14.1. The molecular formula is C13H15BrF3N3. The van der Waals surface area contributed by atoms with Crippen molar-refractivity contribution in [3.8, 4) is 0 Å². The van der Waals surface area contributed by atoms with Crippen molar-refractivity contribution >= 4 is 21.7 Å². The second-order valence-corrected chi connectivity index (χ2v) is 6.30. The maximum Gasteiger partial charge on any atom is 0.391 e. The summed E-state index contributed by atoms with van der Waals surface area (Å²) < 4.78 is 38.7. The van der Waals surface area contributed by atoms with Crippen LogP contribution < -0.4 is 4.90 Å². The fraction of sp³-hybridized carbons (Fsp3) is 0.692. The van der Waals surface area contributed by atoms with Gasteiger partial charge >= 0.3 is 6.18 Å². The lowest BCUT2D eigenvalue weighted by molar-refractivity contribution is -0.179. The Bertz CT molecular complexity index is 494. The zero-order chi connectivity index (χ0) is 14.3. The number of halogens is 4. The Morgan fingerprint density at radius 2 is 1.75 bits per heavy atom. The molecule has 2 fully saturated rings. The van der Waals surface area contributed by atoms with Crippen LogP contribution in [0.25, 0.3) is 0 Å². The number of anilines is 1. The minimum Gasteiger partial charge on any atom is -0.356 e. The molecule has 1 saturated heterocycles. The molecule has 1 aromatic rings. The van der Waals surface area contributed by atoms with E-state index < -0.39 is 12.1 Å². The summed E-state index contributed by atoms with van der Waals surface area (Å²) >= 11 is 3.36. The average Bonchev–Trinajstić information content (AvgIpc) is 3.21. The number of piperidine rings is 1. The molecule has 2 aliphatic rings. The Kier molecular flexibility index (Phi) is 3.64. The molecule has 3 rings (SSSR count). The maximum absolute atomic E-state index is 12.7. The zero-order valence-corrected chi connectivity index (χ0v) is 12.4. The predicted octanol–water partition coefficient (Wildman–Crippen LogP) is 3.90. The Labute approximate surface area is 123 Å². The van der Waals surface area contributed by atoms with Gasteiger partial charge in [-0.2, -0.15) is 13.2 Å². The highest BCUT2D eigenvalue weighted by Crippen LogP contribution is 2.40. The topological polar surface area (TPSA) is 29.0 Å². The molecular weight excluding hydrogens is 335 g/mol. The smallest absolute Gasteiger partial charge is 0.356 e. The maximum atomic E-state index is 12.7. The van der Waals surface area contributed by atoms with Crippen molar-refractivity contribution in [2.75, 3.05) is 18.0 Å². The minimum absolute atomic E-state index is 0.143. The number of aromatic nitrogens is 2. The third-order valence-corrected chi connectivity index (χ3v) is 4.33. The van der Waals surface area contributed by atoms with E-state index in [-0.39, 0.29) is 12.8 Å². The largest absolute Gasteiger partial charge is 0.391 e. The van der Waals surface area contributed by atoms with E-state index in [1.807, 2.05) is 4.90 Å². The molecule has 2 heterocycles. The van der Waals surface area contributed by atoms with Gasteiger partial charge in [-0.05, 0) is 41.6 Å². The van der Waals surface area contributed by atoms with Crippen molar-refractivity contribution in [2.24, 2.45) is 5.92 Å². The third-order valence-electron chi connectivity index (χ3n) is 3.92. The summed E-state index contributed by atoms with van der Waals surface area (Å²) in [6, 6.07) is 1.79. The quantitative estimate of drug-likeness (QED) is 0.758. The molecule has 1 aliphatic heterocycles. The van der Waals surface area contributed by atoms with E-state index in [9.17, 15) is 13.2 Å². The van der Waals surface area contributed by atoms with Gasteiger partial charge in [0, 0.05) is 25.1 Å². The van der Waals surface area contributed by atoms with Gasteiger partial charge in [0.15, 0.2) is 0 Å². The fourth-order valence-electron chi connectivity index (χ4n) is 2.54. The lowest BCUT2D eigenvalue weighted by atomic mass is 9.96. The lowest BCUT2D eigenvalue weighted by Crippen LogP contribution is -2.39. The molecule has 1 saturated carbocycles. The van der Waals surface area contributed by atoms with Gasteiger partial charge in [0.25, 0.3) is 0 Å². The van der Waals surface area contributed by atoms with Crippen LogP contribution in [0, 0.1) is 5.92 Å². The number of hydrogen-bond acceptors (Lipinski definition) is 3. The van der Waals surface area contributed by atoms with Crippen LogP contribution in [-0.2, 0) is 0 Å². The molecule has 1 aromatic heterocycles. The SMILES string of the molecule is FC(F)(F)C1CCN(c2cc(Br)nc(C3CC3)n2)CC1. The first-order valence-corrected chi connectivity index (χ1v) is 7.59. The summed E-state index contributed by atoms with van der Waals surface area (Å²) in [6.45, 7) is 0.801. The molecule has 7 heteroatoms. The van der Waals surface area contributed by atoms with Crippen molar-refractivity contribution in [3.05, 3.63) is 16.5 Å². The van der Waals surface area contributed by atoms with Crippen LogP contribution in [0.2, 0.25) is 0 Å². The number of rotatable bonds is 2. The van der Waals surface area contributed by atoms with Gasteiger partial charge in [-0.1, -0.05) is 0 Å². The van der Waals surface area contributed by atoms with Crippen molar-refractivity contribution in [3.63, 3.8) is 0 Å². The number of hydrogen-bond donors (Lipinski definition) is 0. The molecule has 110 valence electrons. The van der Waals surface area contributed by atoms with Crippen LogP contribution in [0.5, 0.6) is 0 Å². The van der Waals surface area contributed by atoms with Gasteiger partial charge in [-0.15, -0.1) is 0 Å². The second-order valence-electron chi connectivity index (χ2n) is 5.48. The van der Waals surface area contributed by atoms with E-state index in [1.54, 1.807) is 6.07 Å². The molecule has 0 radical (unpaired) electrons. The third kappa shape index (κ3) is 3.07. The number of alkyl halides is 3. The summed E-state index contributed by atoms with van der Waals surface area (Å²) in [5.41, 5.74) is 0. The molecule has 0 amide bonds. The van der Waals surface area contributed by atoms with Crippen LogP contribution in [0.1, 0.15) is 37.4 Å². The molecule has 0 unspecified atom stereocenters. The fourth-order valence-corrected chi connectivity index (χ4v) is 2.93. The van der Waals surface area contributed by atoms with Gasteiger partial charge in [0.05, 0.1) is 5.92 Å². The van der Waals surface area contributed by atoms with Gasteiger partial charge in [0.1, 0.15) is 16.2 Å². The molecule has 0 atom stereocenters. The van der Waals surface area contributed by atoms with Crippen LogP contribution in [-0.4, -0.2) is 29.2 Å². The summed E-state index contributed by atoms with van der Waals surface area (Å²) in [4.78, 5) is 10.8. The van der Waals surface area contributed by atoms with E-state index in [4.69, 9.17) is 0 Å². The monoisotopic (exact) mass is 349 g/mol. The molecule has 3 nitrogen and oxygen atoms in total. The summed E-state index contributed by atoms with van der Waals surface area (Å²) in [5.74, 6) is 0.813. The lowest BCUT2D eigenvalue weighted by Gasteiger charge is -2.33. The van der Waals surface area contributed by atoms with E-state index >= 15 is 0 Å². The highest BCUT2D eigenvalue weighted by molar-refractivity contribution is 9.10. The standard InChI is InChI=1S/C13H15BrF3N3/c14-10-7-11(19-12(18-10)8-1-2-8)20-5-3-9(4-6-20)13(15,16)17/h7-9H,1-6H2. The second kappa shape index (κ2) is 5.16. The van der Waals surface area contributed by atoms with Gasteiger partial charge in [0.2, 0.25) is 0 Å². The summed E-state index contributed by atoms with van der Waals surface area (Å²) in [6.07, 6.45) is -1.58. The van der Waals surface area contributed by atoms with Crippen molar-refractivity contribution in [1.29, 1.82) is 0 Å². The molecule has 0 aromatic carbocycles. The Balaban J connectivity index is 1.71. The zero-order valence-electron chi connectivity index (χ0n) is 10.8. The van der Waals surface area contributed by atoms with Crippen molar-refractivity contribution in [1.82, 2.24) is 9.97 Å². The van der Waals surface area contributed by atoms with Gasteiger partial charge in [-0.25, -0.2) is 9.97 Å².